The normalized spacial score (nSPS) is 11.0. The van der Waals surface area contributed by atoms with E-state index in [-0.39, 0.29) is 18.3 Å². The van der Waals surface area contributed by atoms with Crippen LogP contribution in [0.15, 0.2) is 12.1 Å². The molecule has 19 heavy (non-hydrogen) atoms. The molecule has 0 unspecified atom stereocenters. The Morgan fingerprint density at radius 2 is 1.58 bits per heavy atom. The van der Waals surface area contributed by atoms with Gasteiger partial charge in [-0.2, -0.15) is 0 Å². The van der Waals surface area contributed by atoms with Crippen molar-refractivity contribution in [1.82, 2.24) is 0 Å². The van der Waals surface area contributed by atoms with Crippen LogP contribution >= 0.6 is 12.4 Å². The fourth-order valence-electron chi connectivity index (χ4n) is 1.37. The zero-order valence-electron chi connectivity index (χ0n) is 11.4. The van der Waals surface area contributed by atoms with Gasteiger partial charge in [0.2, 0.25) is 5.91 Å². The van der Waals surface area contributed by atoms with Crippen molar-refractivity contribution in [1.29, 1.82) is 0 Å². The van der Waals surface area contributed by atoms with E-state index in [4.69, 9.17) is 19.9 Å². The summed E-state index contributed by atoms with van der Waals surface area (Å²) in [4.78, 5) is 11.6. The first kappa shape index (κ1) is 17.3. The van der Waals surface area contributed by atoms with Crippen LogP contribution in [0.3, 0.4) is 0 Å². The number of anilines is 1. The Morgan fingerprint density at radius 3 is 2.00 bits per heavy atom. The molecular weight excluding hydrogens is 272 g/mol. The highest BCUT2D eigenvalue weighted by Crippen LogP contribution is 2.37. The number of rotatable bonds is 5. The van der Waals surface area contributed by atoms with E-state index in [0.29, 0.717) is 22.9 Å². The lowest BCUT2D eigenvalue weighted by atomic mass is 10.2. The molecule has 108 valence electrons. The Hall–Kier alpha value is -1.66. The molecule has 0 saturated heterocycles. The van der Waals surface area contributed by atoms with E-state index in [9.17, 15) is 4.79 Å². The second kappa shape index (κ2) is 7.70. The van der Waals surface area contributed by atoms with Gasteiger partial charge in [-0.25, -0.2) is 0 Å². The van der Waals surface area contributed by atoms with Crippen LogP contribution in [0.5, 0.6) is 17.2 Å². The lowest BCUT2D eigenvalue weighted by Crippen LogP contribution is -2.32. The van der Waals surface area contributed by atoms with Crippen LogP contribution in [0.25, 0.3) is 0 Å². The Kier molecular flexibility index (Phi) is 7.03. The summed E-state index contributed by atoms with van der Waals surface area (Å²) in [5, 5.41) is 2.66. The molecule has 1 aromatic rings. The van der Waals surface area contributed by atoms with Crippen LogP contribution in [-0.2, 0) is 4.79 Å². The predicted molar refractivity (Wildman–Crippen MR) is 75.6 cm³/mol. The number of hydrogen-bond donors (Lipinski definition) is 2. The minimum Gasteiger partial charge on any atom is -0.494 e. The first-order valence-electron chi connectivity index (χ1n) is 5.40. The van der Waals surface area contributed by atoms with E-state index >= 15 is 0 Å². The first-order chi connectivity index (χ1) is 8.53. The molecule has 1 atom stereocenters. The lowest BCUT2D eigenvalue weighted by Gasteiger charge is -2.15. The van der Waals surface area contributed by atoms with Crippen molar-refractivity contribution < 1.29 is 19.0 Å². The summed E-state index contributed by atoms with van der Waals surface area (Å²) < 4.78 is 15.5. The summed E-state index contributed by atoms with van der Waals surface area (Å²) in [5.74, 6) is 1.19. The van der Waals surface area contributed by atoms with E-state index < -0.39 is 6.04 Å². The van der Waals surface area contributed by atoms with Gasteiger partial charge in [-0.3, -0.25) is 4.79 Å². The zero-order valence-corrected chi connectivity index (χ0v) is 12.2. The van der Waals surface area contributed by atoms with Crippen molar-refractivity contribution in [2.45, 2.75) is 13.0 Å². The number of halogens is 1. The monoisotopic (exact) mass is 290 g/mol. The molecule has 0 fully saturated rings. The van der Waals surface area contributed by atoms with Crippen molar-refractivity contribution in [3.8, 4) is 17.2 Å². The van der Waals surface area contributed by atoms with Gasteiger partial charge in [-0.15, -0.1) is 12.4 Å². The van der Waals surface area contributed by atoms with Crippen molar-refractivity contribution in [2.24, 2.45) is 5.73 Å². The molecule has 0 aromatic heterocycles. The molecular formula is C12H19ClN2O4. The number of amides is 1. The number of carbonyl (C=O) groups is 1. The third kappa shape index (κ3) is 4.18. The number of benzene rings is 1. The van der Waals surface area contributed by atoms with Gasteiger partial charge in [0.1, 0.15) is 5.75 Å². The molecule has 3 N–H and O–H groups in total. The second-order valence-electron chi connectivity index (χ2n) is 3.69. The molecule has 0 aliphatic heterocycles. The molecule has 0 aliphatic carbocycles. The van der Waals surface area contributed by atoms with Crippen LogP contribution in [0.4, 0.5) is 5.69 Å². The molecule has 0 heterocycles. The molecule has 0 aliphatic rings. The van der Waals surface area contributed by atoms with Crippen LogP contribution in [-0.4, -0.2) is 33.3 Å². The smallest absolute Gasteiger partial charge is 0.241 e. The Labute approximate surface area is 118 Å². The van der Waals surface area contributed by atoms with Crippen molar-refractivity contribution in [3.63, 3.8) is 0 Å². The van der Waals surface area contributed by atoms with Crippen LogP contribution in [0.2, 0.25) is 0 Å². The number of methoxy groups -OCH3 is 3. The topological polar surface area (TPSA) is 82.8 Å². The second-order valence-corrected chi connectivity index (χ2v) is 3.69. The molecule has 1 rings (SSSR count). The minimum absolute atomic E-state index is 0. The summed E-state index contributed by atoms with van der Waals surface area (Å²) in [7, 11) is 4.54. The molecule has 0 bridgehead atoms. The molecule has 1 amide bonds. The van der Waals surface area contributed by atoms with E-state index in [1.54, 1.807) is 19.1 Å². The van der Waals surface area contributed by atoms with Gasteiger partial charge in [0, 0.05) is 12.1 Å². The van der Waals surface area contributed by atoms with Gasteiger partial charge in [0.25, 0.3) is 0 Å². The zero-order chi connectivity index (χ0) is 13.7. The summed E-state index contributed by atoms with van der Waals surface area (Å²) in [6.45, 7) is 1.60. The Balaban J connectivity index is 0.00000324. The summed E-state index contributed by atoms with van der Waals surface area (Å²) >= 11 is 0. The average Bonchev–Trinajstić information content (AvgIpc) is 2.37. The van der Waals surface area contributed by atoms with E-state index in [2.05, 4.69) is 5.32 Å². The van der Waals surface area contributed by atoms with Crippen molar-refractivity contribution >= 4 is 24.0 Å². The highest BCUT2D eigenvalue weighted by atomic mass is 35.5. The molecule has 6 nitrogen and oxygen atoms in total. The quantitative estimate of drug-likeness (QED) is 0.857. The number of carbonyl (C=O) groups excluding carboxylic acids is 1. The number of nitrogens with two attached hydrogens (primary N) is 1. The van der Waals surface area contributed by atoms with Gasteiger partial charge in [0.05, 0.1) is 33.1 Å². The number of nitrogens with one attached hydrogen (secondary N) is 1. The largest absolute Gasteiger partial charge is 0.494 e. The standard InChI is InChI=1S/C12H18N2O4.ClH/c1-7(13)12(15)14-8-5-10(17-3)11(18-4)6-9(8)16-2;/h5-7H,13H2,1-4H3,(H,14,15);1H/t7-;/m0./s1. The fourth-order valence-corrected chi connectivity index (χ4v) is 1.37. The first-order valence-corrected chi connectivity index (χ1v) is 5.40. The molecule has 0 saturated carbocycles. The van der Waals surface area contributed by atoms with E-state index in [1.165, 1.54) is 21.3 Å². The van der Waals surface area contributed by atoms with Crippen LogP contribution < -0.4 is 25.3 Å². The number of ether oxygens (including phenoxy) is 3. The van der Waals surface area contributed by atoms with Crippen LogP contribution in [0, 0.1) is 0 Å². The van der Waals surface area contributed by atoms with Gasteiger partial charge < -0.3 is 25.3 Å². The van der Waals surface area contributed by atoms with Crippen molar-refractivity contribution in [3.05, 3.63) is 12.1 Å². The van der Waals surface area contributed by atoms with E-state index in [0.717, 1.165) is 0 Å². The third-order valence-corrected chi connectivity index (χ3v) is 2.38. The highest BCUT2D eigenvalue weighted by molar-refractivity contribution is 5.96. The van der Waals surface area contributed by atoms with Gasteiger partial charge in [-0.05, 0) is 6.92 Å². The predicted octanol–water partition coefficient (Wildman–Crippen LogP) is 1.42. The SMILES string of the molecule is COc1cc(OC)c(OC)cc1NC(=O)[C@H](C)N.Cl. The summed E-state index contributed by atoms with van der Waals surface area (Å²) in [6.07, 6.45) is 0. The molecule has 7 heteroatoms. The Bertz CT molecular complexity index is 438. The lowest BCUT2D eigenvalue weighted by molar-refractivity contribution is -0.117. The maximum absolute atomic E-state index is 11.6. The fraction of sp³-hybridized carbons (Fsp3) is 0.417. The maximum atomic E-state index is 11.6. The highest BCUT2D eigenvalue weighted by Gasteiger charge is 2.15. The van der Waals surface area contributed by atoms with E-state index in [1.807, 2.05) is 0 Å². The van der Waals surface area contributed by atoms with Gasteiger partial charge in [0.15, 0.2) is 11.5 Å². The van der Waals surface area contributed by atoms with Gasteiger partial charge in [-0.1, -0.05) is 0 Å². The van der Waals surface area contributed by atoms with Crippen LogP contribution in [0.1, 0.15) is 6.92 Å². The third-order valence-electron chi connectivity index (χ3n) is 2.38. The maximum Gasteiger partial charge on any atom is 0.241 e. The Morgan fingerprint density at radius 1 is 1.11 bits per heavy atom. The average molecular weight is 291 g/mol. The summed E-state index contributed by atoms with van der Waals surface area (Å²) in [5.41, 5.74) is 5.98. The number of hydrogen-bond acceptors (Lipinski definition) is 5. The summed E-state index contributed by atoms with van der Waals surface area (Å²) in [6, 6.07) is 2.65. The van der Waals surface area contributed by atoms with Crippen molar-refractivity contribution in [2.75, 3.05) is 26.6 Å². The molecule has 0 radical (unpaired) electrons. The molecule has 1 aromatic carbocycles. The van der Waals surface area contributed by atoms with Gasteiger partial charge >= 0.3 is 0 Å². The molecule has 0 spiro atoms. The minimum atomic E-state index is -0.609.